The van der Waals surface area contributed by atoms with E-state index in [9.17, 15) is 18.4 Å². The van der Waals surface area contributed by atoms with Crippen molar-refractivity contribution < 1.29 is 22.9 Å². The number of carbonyl (C=O) groups excluding carboxylic acids is 2. The third-order valence-electron chi connectivity index (χ3n) is 4.37. The predicted octanol–water partition coefficient (Wildman–Crippen LogP) is 3.39. The Morgan fingerprint density at radius 3 is 2.50 bits per heavy atom. The smallest absolute Gasteiger partial charge is 0.273 e. The molecule has 0 unspecified atom stereocenters. The Morgan fingerprint density at radius 1 is 1.21 bits per heavy atom. The first kappa shape index (κ1) is 20.0. The summed E-state index contributed by atoms with van der Waals surface area (Å²) in [5.74, 6) is -1.50. The summed E-state index contributed by atoms with van der Waals surface area (Å²) in [6.07, 6.45) is 2.24. The second kappa shape index (κ2) is 8.50. The van der Waals surface area contributed by atoms with Gasteiger partial charge in [-0.1, -0.05) is 19.0 Å². The van der Waals surface area contributed by atoms with Gasteiger partial charge in [0.2, 0.25) is 0 Å². The molecule has 28 heavy (non-hydrogen) atoms. The minimum absolute atomic E-state index is 0.0397. The molecule has 1 heterocycles. The minimum Gasteiger partial charge on any atom is -0.359 e. The first-order chi connectivity index (χ1) is 13.3. The zero-order valence-corrected chi connectivity index (χ0v) is 15.9. The van der Waals surface area contributed by atoms with E-state index in [4.69, 9.17) is 4.52 Å². The van der Waals surface area contributed by atoms with Crippen molar-refractivity contribution in [2.45, 2.75) is 33.2 Å². The highest BCUT2D eigenvalue weighted by atomic mass is 19.1. The quantitative estimate of drug-likeness (QED) is 0.748. The number of hydrogen-bond donors (Lipinski definition) is 1. The number of carbonyl (C=O) groups is 2. The molecule has 150 valence electrons. The average Bonchev–Trinajstić information content (AvgIpc) is 3.34. The van der Waals surface area contributed by atoms with Crippen molar-refractivity contribution >= 4 is 11.8 Å². The van der Waals surface area contributed by atoms with Crippen LogP contribution in [0.4, 0.5) is 8.78 Å². The highest BCUT2D eigenvalue weighted by molar-refractivity contribution is 5.94. The lowest BCUT2D eigenvalue weighted by Crippen LogP contribution is -2.33. The number of halogens is 2. The molecule has 1 N–H and O–H groups in total. The standard InChI is InChI=1S/C20H23F2N3O3/c1-12(2)10-25(20(27)14-5-15(21)7-16(22)6-14)11-17-8-18(24-28-17)19(26)23-9-13-3-4-13/h5-8,12-13H,3-4,9-11H2,1-2H3,(H,23,26). The van der Waals surface area contributed by atoms with Gasteiger partial charge in [-0.15, -0.1) is 0 Å². The molecular formula is C20H23F2N3O3. The molecule has 1 aromatic heterocycles. The van der Waals surface area contributed by atoms with E-state index in [0.717, 1.165) is 25.0 Å². The van der Waals surface area contributed by atoms with Crippen LogP contribution in [0.25, 0.3) is 0 Å². The Morgan fingerprint density at radius 2 is 1.89 bits per heavy atom. The van der Waals surface area contributed by atoms with Crippen LogP contribution >= 0.6 is 0 Å². The number of nitrogens with one attached hydrogen (secondary N) is 1. The summed E-state index contributed by atoms with van der Waals surface area (Å²) in [4.78, 5) is 26.3. The van der Waals surface area contributed by atoms with Crippen LogP contribution < -0.4 is 5.32 Å². The molecule has 0 bridgehead atoms. The Labute approximate surface area is 161 Å². The lowest BCUT2D eigenvalue weighted by molar-refractivity contribution is 0.0704. The Hall–Kier alpha value is -2.77. The van der Waals surface area contributed by atoms with Gasteiger partial charge in [0.05, 0.1) is 6.54 Å². The molecule has 3 rings (SSSR count). The van der Waals surface area contributed by atoms with Gasteiger partial charge in [0.25, 0.3) is 11.8 Å². The largest absolute Gasteiger partial charge is 0.359 e. The molecule has 0 radical (unpaired) electrons. The predicted molar refractivity (Wildman–Crippen MR) is 97.5 cm³/mol. The molecule has 6 nitrogen and oxygen atoms in total. The monoisotopic (exact) mass is 391 g/mol. The van der Waals surface area contributed by atoms with Gasteiger partial charge < -0.3 is 14.7 Å². The molecule has 1 saturated carbocycles. The van der Waals surface area contributed by atoms with E-state index in [1.165, 1.54) is 11.0 Å². The zero-order valence-electron chi connectivity index (χ0n) is 15.9. The summed E-state index contributed by atoms with van der Waals surface area (Å²) in [7, 11) is 0. The van der Waals surface area contributed by atoms with E-state index in [-0.39, 0.29) is 29.6 Å². The molecule has 0 aliphatic heterocycles. The molecule has 8 heteroatoms. The van der Waals surface area contributed by atoms with E-state index >= 15 is 0 Å². The molecule has 0 saturated heterocycles. The van der Waals surface area contributed by atoms with E-state index in [1.54, 1.807) is 0 Å². The number of aromatic nitrogens is 1. The average molecular weight is 391 g/mol. The van der Waals surface area contributed by atoms with Gasteiger partial charge in [0.1, 0.15) is 11.6 Å². The normalized spacial score (nSPS) is 13.6. The Kier molecular flexibility index (Phi) is 6.06. The van der Waals surface area contributed by atoms with Crippen molar-refractivity contribution in [2.24, 2.45) is 11.8 Å². The van der Waals surface area contributed by atoms with Crippen LogP contribution in [0.15, 0.2) is 28.8 Å². The van der Waals surface area contributed by atoms with Crippen LogP contribution in [0.1, 0.15) is 53.3 Å². The summed E-state index contributed by atoms with van der Waals surface area (Å²) in [6.45, 7) is 4.84. The van der Waals surface area contributed by atoms with Crippen LogP contribution in [0.3, 0.4) is 0 Å². The Bertz CT molecular complexity index is 842. The van der Waals surface area contributed by atoms with Gasteiger partial charge >= 0.3 is 0 Å². The zero-order chi connectivity index (χ0) is 20.3. The van der Waals surface area contributed by atoms with Crippen LogP contribution in [0.5, 0.6) is 0 Å². The molecule has 0 atom stereocenters. The van der Waals surface area contributed by atoms with E-state index in [0.29, 0.717) is 30.8 Å². The maximum atomic E-state index is 13.5. The van der Waals surface area contributed by atoms with Gasteiger partial charge in [-0.25, -0.2) is 8.78 Å². The third kappa shape index (κ3) is 5.37. The van der Waals surface area contributed by atoms with Crippen LogP contribution in [0.2, 0.25) is 0 Å². The number of benzene rings is 1. The summed E-state index contributed by atoms with van der Waals surface area (Å²) < 4.78 is 32.2. The maximum absolute atomic E-state index is 13.5. The fraction of sp³-hybridized carbons (Fsp3) is 0.450. The van der Waals surface area contributed by atoms with Crippen LogP contribution in [-0.2, 0) is 6.54 Å². The maximum Gasteiger partial charge on any atom is 0.273 e. The summed E-state index contributed by atoms with van der Waals surface area (Å²) in [5, 5.41) is 6.56. The van der Waals surface area contributed by atoms with Crippen molar-refractivity contribution in [3.63, 3.8) is 0 Å². The molecule has 1 fully saturated rings. The van der Waals surface area contributed by atoms with Gasteiger partial charge in [-0.05, 0) is 36.8 Å². The highest BCUT2D eigenvalue weighted by Crippen LogP contribution is 2.27. The highest BCUT2D eigenvalue weighted by Gasteiger charge is 2.24. The van der Waals surface area contributed by atoms with Crippen molar-refractivity contribution in [3.05, 3.63) is 52.9 Å². The molecular weight excluding hydrogens is 368 g/mol. The van der Waals surface area contributed by atoms with E-state index < -0.39 is 17.5 Å². The van der Waals surface area contributed by atoms with Gasteiger partial charge in [-0.3, -0.25) is 9.59 Å². The molecule has 1 aromatic carbocycles. The summed E-state index contributed by atoms with van der Waals surface area (Å²) in [5.41, 5.74) is 0.0597. The lowest BCUT2D eigenvalue weighted by Gasteiger charge is -2.23. The fourth-order valence-corrected chi connectivity index (χ4v) is 2.85. The molecule has 0 spiro atoms. The second-order valence-electron chi connectivity index (χ2n) is 7.57. The van der Waals surface area contributed by atoms with Crippen molar-refractivity contribution in [3.8, 4) is 0 Å². The van der Waals surface area contributed by atoms with Gasteiger partial charge in [-0.2, -0.15) is 0 Å². The topological polar surface area (TPSA) is 75.4 Å². The third-order valence-corrected chi connectivity index (χ3v) is 4.37. The molecule has 2 aromatic rings. The van der Waals surface area contributed by atoms with Gasteiger partial charge in [0.15, 0.2) is 11.5 Å². The number of amides is 2. The minimum atomic E-state index is -0.817. The van der Waals surface area contributed by atoms with E-state index in [1.807, 2.05) is 13.8 Å². The summed E-state index contributed by atoms with van der Waals surface area (Å²) >= 11 is 0. The Balaban J connectivity index is 1.71. The second-order valence-corrected chi connectivity index (χ2v) is 7.57. The number of nitrogens with zero attached hydrogens (tertiary/aromatic N) is 2. The lowest BCUT2D eigenvalue weighted by atomic mass is 10.1. The molecule has 1 aliphatic carbocycles. The first-order valence-corrected chi connectivity index (χ1v) is 9.31. The van der Waals surface area contributed by atoms with Crippen LogP contribution in [-0.4, -0.2) is 35.0 Å². The van der Waals surface area contributed by atoms with Gasteiger partial charge in [0, 0.05) is 30.8 Å². The summed E-state index contributed by atoms with van der Waals surface area (Å²) in [6, 6.07) is 4.19. The molecule has 1 aliphatic rings. The van der Waals surface area contributed by atoms with E-state index in [2.05, 4.69) is 10.5 Å². The van der Waals surface area contributed by atoms with Crippen LogP contribution in [0, 0.1) is 23.5 Å². The first-order valence-electron chi connectivity index (χ1n) is 9.31. The van der Waals surface area contributed by atoms with Crippen molar-refractivity contribution in [1.82, 2.24) is 15.4 Å². The SMILES string of the molecule is CC(C)CN(Cc1cc(C(=O)NCC2CC2)no1)C(=O)c1cc(F)cc(F)c1. The number of hydrogen-bond acceptors (Lipinski definition) is 4. The molecule has 2 amide bonds. The van der Waals surface area contributed by atoms with Crippen molar-refractivity contribution in [2.75, 3.05) is 13.1 Å². The fourth-order valence-electron chi connectivity index (χ4n) is 2.85. The van der Waals surface area contributed by atoms with Crippen molar-refractivity contribution in [1.29, 1.82) is 0 Å². The number of rotatable bonds is 8.